The lowest BCUT2D eigenvalue weighted by molar-refractivity contribution is -0.0393. The van der Waals surface area contributed by atoms with Crippen LogP contribution in [0.1, 0.15) is 66.8 Å². The molecule has 2 N–H and O–H groups in total. The number of aromatic amines is 1. The molecule has 0 saturated heterocycles. The number of H-pyrrole nitrogens is 1. The summed E-state index contributed by atoms with van der Waals surface area (Å²) in [6, 6.07) is 13.0. The molecule has 0 bridgehead atoms. The van der Waals surface area contributed by atoms with Gasteiger partial charge in [0, 0.05) is 0 Å². The van der Waals surface area contributed by atoms with Crippen LogP contribution in [-0.4, -0.2) is 45.8 Å². The molecular formula is C30H35N5O5. The minimum absolute atomic E-state index is 0.110. The van der Waals surface area contributed by atoms with Gasteiger partial charge in [-0.25, -0.2) is 14.8 Å². The van der Waals surface area contributed by atoms with E-state index in [0.29, 0.717) is 41.5 Å². The first kappa shape index (κ1) is 27.4. The molecule has 1 fully saturated rings. The summed E-state index contributed by atoms with van der Waals surface area (Å²) in [5, 5.41) is 8.37. The summed E-state index contributed by atoms with van der Waals surface area (Å²) < 4.78 is 24.7. The number of hydrogen-bond donors (Lipinski definition) is 2. The quantitative estimate of drug-likeness (QED) is 0.273. The summed E-state index contributed by atoms with van der Waals surface area (Å²) >= 11 is 0. The second-order valence-corrected chi connectivity index (χ2v) is 10.5. The zero-order chi connectivity index (χ0) is 28.3. The highest BCUT2D eigenvalue weighted by atomic mass is 16.5. The zero-order valence-corrected chi connectivity index (χ0v) is 23.3. The van der Waals surface area contributed by atoms with Crippen LogP contribution in [-0.2, 0) is 28.2 Å². The predicted molar refractivity (Wildman–Crippen MR) is 148 cm³/mol. The molecule has 0 unspecified atom stereocenters. The number of rotatable bonds is 10. The van der Waals surface area contributed by atoms with Crippen LogP contribution in [0.15, 0.2) is 48.8 Å². The Bertz CT molecular complexity index is 1550. The number of methoxy groups -OCH3 is 2. The number of esters is 1. The van der Waals surface area contributed by atoms with E-state index in [4.69, 9.17) is 29.3 Å². The number of carbonyl (C=O) groups excluding carboxylic acids is 1. The Morgan fingerprint density at radius 2 is 1.80 bits per heavy atom. The second kappa shape index (κ2) is 11.5. The third kappa shape index (κ3) is 5.86. The highest BCUT2D eigenvalue weighted by molar-refractivity contribution is 5.89. The molecule has 0 atom stereocenters. The molecule has 1 aliphatic rings. The minimum atomic E-state index is -0.785. The van der Waals surface area contributed by atoms with Gasteiger partial charge in [-0.15, -0.1) is 0 Å². The van der Waals surface area contributed by atoms with Crippen molar-refractivity contribution < 1.29 is 23.7 Å². The SMILES string of the molecule is COC(=O)c1ccc(COC(C)(C)c2nc3c([nH]2)c(=N)ncn3Cc2ccc(OC)c(OC3CCCC3)c2)cc1. The van der Waals surface area contributed by atoms with Crippen LogP contribution in [0.4, 0.5) is 0 Å². The molecule has 4 aromatic rings. The highest BCUT2D eigenvalue weighted by Gasteiger charge is 2.27. The van der Waals surface area contributed by atoms with Crippen molar-refractivity contribution in [1.82, 2.24) is 19.5 Å². The van der Waals surface area contributed by atoms with Crippen molar-refractivity contribution in [2.45, 2.75) is 64.4 Å². The fourth-order valence-electron chi connectivity index (χ4n) is 4.87. The van der Waals surface area contributed by atoms with E-state index in [1.165, 1.54) is 20.0 Å². The number of nitrogens with zero attached hydrogens (tertiary/aromatic N) is 3. The van der Waals surface area contributed by atoms with Crippen LogP contribution in [0.3, 0.4) is 0 Å². The third-order valence-electron chi connectivity index (χ3n) is 7.24. The van der Waals surface area contributed by atoms with E-state index in [0.717, 1.165) is 29.7 Å². The van der Waals surface area contributed by atoms with Gasteiger partial charge in [0.15, 0.2) is 22.6 Å². The van der Waals surface area contributed by atoms with E-state index in [1.54, 1.807) is 25.6 Å². The average molecular weight is 546 g/mol. The fourth-order valence-corrected chi connectivity index (χ4v) is 4.87. The highest BCUT2D eigenvalue weighted by Crippen LogP contribution is 2.33. The maximum Gasteiger partial charge on any atom is 0.337 e. The van der Waals surface area contributed by atoms with Crippen molar-refractivity contribution >= 4 is 17.1 Å². The van der Waals surface area contributed by atoms with E-state index in [2.05, 4.69) is 9.97 Å². The second-order valence-electron chi connectivity index (χ2n) is 10.5. The van der Waals surface area contributed by atoms with Gasteiger partial charge in [-0.3, -0.25) is 5.41 Å². The molecule has 5 rings (SSSR count). The van der Waals surface area contributed by atoms with E-state index >= 15 is 0 Å². The number of carbonyl (C=O) groups is 1. The first-order valence-corrected chi connectivity index (χ1v) is 13.4. The Kier molecular flexibility index (Phi) is 7.88. The third-order valence-corrected chi connectivity index (χ3v) is 7.24. The van der Waals surface area contributed by atoms with Crippen LogP contribution in [0.2, 0.25) is 0 Å². The lowest BCUT2D eigenvalue weighted by Gasteiger charge is -2.23. The van der Waals surface area contributed by atoms with Gasteiger partial charge in [0.05, 0.1) is 45.4 Å². The van der Waals surface area contributed by atoms with Gasteiger partial charge in [-0.1, -0.05) is 18.2 Å². The molecule has 40 heavy (non-hydrogen) atoms. The monoisotopic (exact) mass is 545 g/mol. The number of hydrogen-bond acceptors (Lipinski definition) is 8. The minimum Gasteiger partial charge on any atom is -0.493 e. The summed E-state index contributed by atoms with van der Waals surface area (Å²) in [4.78, 5) is 24.1. The number of nitrogens with one attached hydrogen (secondary N) is 2. The maximum atomic E-state index is 11.7. The van der Waals surface area contributed by atoms with Crippen molar-refractivity contribution in [2.75, 3.05) is 14.2 Å². The van der Waals surface area contributed by atoms with Crippen LogP contribution in [0, 0.1) is 5.41 Å². The van der Waals surface area contributed by atoms with Crippen molar-refractivity contribution in [3.05, 3.63) is 76.8 Å². The molecular weight excluding hydrogens is 510 g/mol. The Morgan fingerprint density at radius 3 is 2.50 bits per heavy atom. The Morgan fingerprint density at radius 1 is 1.07 bits per heavy atom. The summed E-state index contributed by atoms with van der Waals surface area (Å²) in [6.07, 6.45) is 6.35. The molecule has 0 aliphatic heterocycles. The van der Waals surface area contributed by atoms with Crippen molar-refractivity contribution in [3.8, 4) is 11.5 Å². The van der Waals surface area contributed by atoms with Gasteiger partial charge >= 0.3 is 5.97 Å². The maximum absolute atomic E-state index is 11.7. The molecule has 2 aromatic heterocycles. The Labute approximate surface area is 232 Å². The molecule has 210 valence electrons. The largest absolute Gasteiger partial charge is 0.493 e. The van der Waals surface area contributed by atoms with Gasteiger partial charge in [-0.05, 0) is 74.9 Å². The van der Waals surface area contributed by atoms with E-state index < -0.39 is 5.60 Å². The van der Waals surface area contributed by atoms with Crippen LogP contribution >= 0.6 is 0 Å². The van der Waals surface area contributed by atoms with Crippen molar-refractivity contribution in [1.29, 1.82) is 5.41 Å². The average Bonchev–Trinajstić information content (AvgIpc) is 3.65. The number of imidazole rings is 1. The smallest absolute Gasteiger partial charge is 0.337 e. The lowest BCUT2D eigenvalue weighted by Crippen LogP contribution is -2.23. The topological polar surface area (TPSA) is 124 Å². The van der Waals surface area contributed by atoms with Gasteiger partial charge in [-0.2, -0.15) is 0 Å². The molecule has 0 amide bonds. The Balaban J connectivity index is 1.36. The standard InChI is InChI=1S/C30H35N5O5/c1-30(2,39-17-19-9-12-21(13-10-19)28(36)38-4)29-33-25-26(31)32-18-35(27(25)34-29)16-20-11-14-23(37-3)24(15-20)40-22-7-5-6-8-22/h9-15,18,22,31H,5-8,16-17H2,1-4H3,(H,33,34). The lowest BCUT2D eigenvalue weighted by atomic mass is 10.1. The van der Waals surface area contributed by atoms with Crippen molar-refractivity contribution in [2.24, 2.45) is 0 Å². The molecule has 1 aliphatic carbocycles. The number of benzene rings is 2. The first-order valence-electron chi connectivity index (χ1n) is 13.4. The summed E-state index contributed by atoms with van der Waals surface area (Å²) in [6.45, 7) is 4.65. The van der Waals surface area contributed by atoms with Gasteiger partial charge in [0.25, 0.3) is 0 Å². The molecule has 2 heterocycles. The molecule has 2 aromatic carbocycles. The van der Waals surface area contributed by atoms with E-state index in [9.17, 15) is 4.79 Å². The summed E-state index contributed by atoms with van der Waals surface area (Å²) in [5.41, 5.74) is 2.87. The number of fused-ring (bicyclic) bond motifs is 1. The Hall–Kier alpha value is -4.18. The van der Waals surface area contributed by atoms with Crippen molar-refractivity contribution in [3.63, 3.8) is 0 Å². The summed E-state index contributed by atoms with van der Waals surface area (Å²) in [5.74, 6) is 1.66. The normalized spacial score (nSPS) is 14.0. The fraction of sp³-hybridized carbons (Fsp3) is 0.400. The number of ether oxygens (including phenoxy) is 4. The molecule has 10 nitrogen and oxygen atoms in total. The first-order chi connectivity index (χ1) is 19.3. The number of aromatic nitrogens is 4. The van der Waals surface area contributed by atoms with Gasteiger partial charge in [0.2, 0.25) is 0 Å². The predicted octanol–water partition coefficient (Wildman–Crippen LogP) is 4.86. The van der Waals surface area contributed by atoms with Crippen LogP contribution in [0.25, 0.3) is 11.2 Å². The van der Waals surface area contributed by atoms with E-state index in [-0.39, 0.29) is 17.6 Å². The molecule has 10 heteroatoms. The van der Waals surface area contributed by atoms with Gasteiger partial charge in [0.1, 0.15) is 16.9 Å². The summed E-state index contributed by atoms with van der Waals surface area (Å²) in [7, 11) is 3.01. The molecule has 1 saturated carbocycles. The van der Waals surface area contributed by atoms with Gasteiger partial charge < -0.3 is 28.5 Å². The molecule has 0 radical (unpaired) electrons. The molecule has 0 spiro atoms. The van der Waals surface area contributed by atoms with E-state index in [1.807, 2.05) is 48.7 Å². The van der Waals surface area contributed by atoms with Crippen LogP contribution in [0.5, 0.6) is 11.5 Å². The van der Waals surface area contributed by atoms with Crippen LogP contribution < -0.4 is 15.0 Å². The zero-order valence-electron chi connectivity index (χ0n) is 23.3.